The topological polar surface area (TPSA) is 64.4 Å². The molecule has 150 valence electrons. The number of halogens is 1. The summed E-state index contributed by atoms with van der Waals surface area (Å²) in [7, 11) is 1.59. The zero-order chi connectivity index (χ0) is 20.4. The molecule has 0 atom stereocenters. The summed E-state index contributed by atoms with van der Waals surface area (Å²) in [6.45, 7) is 1.46. The molecule has 4 rings (SSSR count). The Balaban J connectivity index is 1.61. The summed E-state index contributed by atoms with van der Waals surface area (Å²) < 4.78 is 7.57. The summed E-state index contributed by atoms with van der Waals surface area (Å²) in [5.74, 6) is 0.235. The maximum atomic E-state index is 13.0. The van der Waals surface area contributed by atoms with Crippen LogP contribution in [0.1, 0.15) is 5.56 Å². The third kappa shape index (κ3) is 4.10. The van der Waals surface area contributed by atoms with Crippen molar-refractivity contribution >= 4 is 50.2 Å². The van der Waals surface area contributed by atoms with Crippen LogP contribution in [0.15, 0.2) is 56.9 Å². The first-order valence-corrected chi connectivity index (χ1v) is 11.1. The van der Waals surface area contributed by atoms with Crippen LogP contribution in [-0.4, -0.2) is 41.5 Å². The number of carbonyl (C=O) groups is 1. The molecule has 0 unspecified atom stereocenters. The van der Waals surface area contributed by atoms with Crippen molar-refractivity contribution in [1.29, 1.82) is 0 Å². The van der Waals surface area contributed by atoms with Gasteiger partial charge in [-0.05, 0) is 36.2 Å². The van der Waals surface area contributed by atoms with Crippen LogP contribution >= 0.6 is 27.7 Å². The van der Waals surface area contributed by atoms with Crippen LogP contribution in [0.2, 0.25) is 0 Å². The molecule has 0 bridgehead atoms. The van der Waals surface area contributed by atoms with Crippen molar-refractivity contribution in [3.8, 4) is 0 Å². The highest BCUT2D eigenvalue weighted by Crippen LogP contribution is 2.29. The molecule has 2 aromatic carbocycles. The second-order valence-electron chi connectivity index (χ2n) is 6.72. The fourth-order valence-corrected chi connectivity index (χ4v) is 4.73. The Bertz CT molecular complexity index is 1130. The molecule has 1 aliphatic rings. The van der Waals surface area contributed by atoms with Crippen molar-refractivity contribution in [2.24, 2.45) is 0 Å². The molecule has 0 aliphatic carbocycles. The normalized spacial score (nSPS) is 13.1. The molecule has 0 spiro atoms. The van der Waals surface area contributed by atoms with Crippen molar-refractivity contribution in [2.45, 2.75) is 18.1 Å². The van der Waals surface area contributed by atoms with Crippen LogP contribution in [0.3, 0.4) is 0 Å². The van der Waals surface area contributed by atoms with Gasteiger partial charge in [-0.2, -0.15) is 0 Å². The van der Waals surface area contributed by atoms with Crippen LogP contribution in [-0.2, 0) is 22.5 Å². The Morgan fingerprint density at radius 3 is 2.93 bits per heavy atom. The van der Waals surface area contributed by atoms with Gasteiger partial charge < -0.3 is 9.64 Å². The summed E-state index contributed by atoms with van der Waals surface area (Å²) in [4.78, 5) is 32.3. The third-order valence-electron chi connectivity index (χ3n) is 4.91. The molecule has 0 fully saturated rings. The van der Waals surface area contributed by atoms with E-state index in [0.29, 0.717) is 35.8 Å². The lowest BCUT2D eigenvalue weighted by molar-refractivity contribution is -0.116. The molecule has 0 N–H and O–H groups in total. The zero-order valence-corrected chi connectivity index (χ0v) is 18.3. The summed E-state index contributed by atoms with van der Waals surface area (Å²) in [6, 6.07) is 13.4. The molecular weight excluding hydrogens is 454 g/mol. The number of amides is 1. The van der Waals surface area contributed by atoms with Gasteiger partial charge in [-0.25, -0.2) is 4.98 Å². The number of nitrogens with zero attached hydrogens (tertiary/aromatic N) is 3. The van der Waals surface area contributed by atoms with Gasteiger partial charge >= 0.3 is 0 Å². The first-order chi connectivity index (χ1) is 14.1. The van der Waals surface area contributed by atoms with E-state index in [9.17, 15) is 9.59 Å². The molecular formula is C21H20BrN3O3S. The highest BCUT2D eigenvalue weighted by molar-refractivity contribution is 9.10. The second-order valence-corrected chi connectivity index (χ2v) is 8.58. The van der Waals surface area contributed by atoms with Gasteiger partial charge in [0, 0.05) is 23.8 Å². The van der Waals surface area contributed by atoms with Crippen LogP contribution in [0, 0.1) is 0 Å². The average molecular weight is 474 g/mol. The molecule has 1 aliphatic heterocycles. The monoisotopic (exact) mass is 473 g/mol. The summed E-state index contributed by atoms with van der Waals surface area (Å²) in [5, 5.41) is 1.07. The van der Waals surface area contributed by atoms with E-state index in [1.807, 2.05) is 35.2 Å². The summed E-state index contributed by atoms with van der Waals surface area (Å²) in [5.41, 5.74) is 2.66. The maximum absolute atomic E-state index is 13.0. The molecule has 0 radical (unpaired) electrons. The number of ether oxygens (including phenoxy) is 1. The van der Waals surface area contributed by atoms with E-state index < -0.39 is 0 Å². The fraction of sp³-hybridized carbons (Fsp3) is 0.286. The van der Waals surface area contributed by atoms with E-state index >= 15 is 0 Å². The lowest BCUT2D eigenvalue weighted by atomic mass is 10.2. The van der Waals surface area contributed by atoms with Crippen LogP contribution in [0.25, 0.3) is 10.9 Å². The number of carbonyl (C=O) groups excluding carboxylic acids is 1. The van der Waals surface area contributed by atoms with Crippen molar-refractivity contribution in [3.05, 3.63) is 62.9 Å². The van der Waals surface area contributed by atoms with E-state index in [2.05, 4.69) is 27.0 Å². The van der Waals surface area contributed by atoms with Gasteiger partial charge in [-0.15, -0.1) is 0 Å². The van der Waals surface area contributed by atoms with Crippen molar-refractivity contribution in [3.63, 3.8) is 0 Å². The van der Waals surface area contributed by atoms with Gasteiger partial charge in [0.1, 0.15) is 0 Å². The molecule has 8 heteroatoms. The quantitative estimate of drug-likeness (QED) is 0.405. The molecule has 1 aromatic heterocycles. The third-order valence-corrected chi connectivity index (χ3v) is 6.37. The fourth-order valence-electron chi connectivity index (χ4n) is 3.46. The Morgan fingerprint density at radius 1 is 1.28 bits per heavy atom. The number of hydrogen-bond acceptors (Lipinski definition) is 5. The number of para-hydroxylation sites is 1. The SMILES string of the molecule is COCCn1c(SCC(=O)N2CCc3ccccc32)nc2ccc(Br)cc2c1=O. The first kappa shape index (κ1) is 20.1. The number of rotatable bonds is 6. The van der Waals surface area contributed by atoms with E-state index in [1.54, 1.807) is 17.7 Å². The van der Waals surface area contributed by atoms with Gasteiger partial charge in [-0.3, -0.25) is 14.2 Å². The van der Waals surface area contributed by atoms with Crippen LogP contribution in [0.4, 0.5) is 5.69 Å². The predicted octanol–water partition coefficient (Wildman–Crippen LogP) is 3.49. The Morgan fingerprint density at radius 2 is 2.10 bits per heavy atom. The Hall–Kier alpha value is -2.16. The van der Waals surface area contributed by atoms with Crippen LogP contribution in [0.5, 0.6) is 0 Å². The van der Waals surface area contributed by atoms with E-state index in [0.717, 1.165) is 16.6 Å². The van der Waals surface area contributed by atoms with Crippen molar-refractivity contribution in [1.82, 2.24) is 9.55 Å². The standard InChI is InChI=1S/C21H20BrN3O3S/c1-28-11-10-25-20(27)16-12-15(22)6-7-17(16)23-21(25)29-13-19(26)24-9-8-14-4-2-3-5-18(14)24/h2-7,12H,8-11,13H2,1H3. The zero-order valence-electron chi connectivity index (χ0n) is 15.9. The smallest absolute Gasteiger partial charge is 0.262 e. The van der Waals surface area contributed by atoms with Crippen molar-refractivity contribution in [2.75, 3.05) is 30.9 Å². The molecule has 1 amide bonds. The number of fused-ring (bicyclic) bond motifs is 2. The summed E-state index contributed by atoms with van der Waals surface area (Å²) in [6.07, 6.45) is 0.869. The minimum absolute atomic E-state index is 0.0170. The number of hydrogen-bond donors (Lipinski definition) is 0. The first-order valence-electron chi connectivity index (χ1n) is 9.28. The number of aromatic nitrogens is 2. The number of thioether (sulfide) groups is 1. The van der Waals surface area contributed by atoms with E-state index in [-0.39, 0.29) is 17.2 Å². The minimum Gasteiger partial charge on any atom is -0.383 e. The lowest BCUT2D eigenvalue weighted by Crippen LogP contribution is -2.31. The molecule has 6 nitrogen and oxygen atoms in total. The van der Waals surface area contributed by atoms with Gasteiger partial charge in [0.25, 0.3) is 5.56 Å². The molecule has 0 saturated carbocycles. The molecule has 2 heterocycles. The summed E-state index contributed by atoms with van der Waals surface area (Å²) >= 11 is 4.70. The second kappa shape index (κ2) is 8.69. The molecule has 29 heavy (non-hydrogen) atoms. The van der Waals surface area contributed by atoms with Gasteiger partial charge in [0.15, 0.2) is 5.16 Å². The largest absolute Gasteiger partial charge is 0.383 e. The Kier molecular flexibility index (Phi) is 6.03. The molecule has 3 aromatic rings. The predicted molar refractivity (Wildman–Crippen MR) is 119 cm³/mol. The highest BCUT2D eigenvalue weighted by Gasteiger charge is 2.24. The van der Waals surface area contributed by atoms with E-state index in [4.69, 9.17) is 4.74 Å². The highest BCUT2D eigenvalue weighted by atomic mass is 79.9. The average Bonchev–Trinajstić information content (AvgIpc) is 3.16. The van der Waals surface area contributed by atoms with Crippen molar-refractivity contribution < 1.29 is 9.53 Å². The number of methoxy groups -OCH3 is 1. The minimum atomic E-state index is -0.130. The number of anilines is 1. The van der Waals surface area contributed by atoms with E-state index in [1.165, 1.54) is 17.3 Å². The maximum Gasteiger partial charge on any atom is 0.262 e. The van der Waals surface area contributed by atoms with Gasteiger partial charge in [-0.1, -0.05) is 45.9 Å². The van der Waals surface area contributed by atoms with Crippen LogP contribution < -0.4 is 10.5 Å². The number of benzene rings is 2. The molecule has 0 saturated heterocycles. The Labute approximate surface area is 181 Å². The van der Waals surface area contributed by atoms with Gasteiger partial charge in [0.2, 0.25) is 5.91 Å². The lowest BCUT2D eigenvalue weighted by Gasteiger charge is -2.18. The van der Waals surface area contributed by atoms with Gasteiger partial charge in [0.05, 0.1) is 29.8 Å².